The molecule has 152 valence electrons. The maximum atomic E-state index is 12.3. The number of rotatable bonds is 6. The highest BCUT2D eigenvalue weighted by Gasteiger charge is 2.19. The number of hydrogen-bond donors (Lipinski definition) is 1. The van der Waals surface area contributed by atoms with E-state index in [1.807, 2.05) is 43.9 Å². The van der Waals surface area contributed by atoms with Crippen molar-refractivity contribution in [3.05, 3.63) is 66.4 Å². The number of carbonyl (C=O) groups is 1. The third-order valence-corrected chi connectivity index (χ3v) is 4.09. The molecule has 0 unspecified atom stereocenters. The molecule has 29 heavy (non-hydrogen) atoms. The van der Waals surface area contributed by atoms with Gasteiger partial charge in [-0.2, -0.15) is 0 Å². The summed E-state index contributed by atoms with van der Waals surface area (Å²) in [6.45, 7) is 5.87. The summed E-state index contributed by atoms with van der Waals surface area (Å²) in [5, 5.41) is 10.2. The molecule has 7 heteroatoms. The molecular weight excluding hydrogens is 372 g/mol. The molecule has 2 aromatic carbocycles. The summed E-state index contributed by atoms with van der Waals surface area (Å²) in [6.07, 6.45) is 3.00. The van der Waals surface area contributed by atoms with E-state index in [9.17, 15) is 9.90 Å². The number of carbonyl (C=O) groups excluding carboxylic acids is 1. The van der Waals surface area contributed by atoms with Crippen LogP contribution in [0.3, 0.4) is 0 Å². The number of benzene rings is 2. The molecule has 0 saturated heterocycles. The van der Waals surface area contributed by atoms with Crippen LogP contribution in [0.5, 0.6) is 11.5 Å². The fourth-order valence-corrected chi connectivity index (χ4v) is 2.77. The third kappa shape index (κ3) is 5.07. The molecule has 0 aliphatic rings. The second-order valence-electron chi connectivity index (χ2n) is 7.46. The van der Waals surface area contributed by atoms with Crippen LogP contribution in [0.15, 0.2) is 59.5 Å². The molecule has 0 bridgehead atoms. The van der Waals surface area contributed by atoms with E-state index in [4.69, 9.17) is 13.9 Å². The van der Waals surface area contributed by atoms with Crippen molar-refractivity contribution in [2.24, 2.45) is 0 Å². The molecule has 0 saturated carbocycles. The van der Waals surface area contributed by atoms with E-state index in [1.54, 1.807) is 30.5 Å². The van der Waals surface area contributed by atoms with E-state index in [2.05, 4.69) is 4.98 Å². The Hall–Kier alpha value is -3.48. The van der Waals surface area contributed by atoms with Crippen molar-refractivity contribution in [2.45, 2.75) is 32.9 Å². The van der Waals surface area contributed by atoms with Gasteiger partial charge in [-0.1, -0.05) is 0 Å². The van der Waals surface area contributed by atoms with Crippen LogP contribution in [-0.2, 0) is 11.3 Å². The zero-order valence-electron chi connectivity index (χ0n) is 16.9. The first-order chi connectivity index (χ1) is 13.8. The largest absolute Gasteiger partial charge is 0.504 e. The highest BCUT2D eigenvalue weighted by atomic mass is 16.6. The van der Waals surface area contributed by atoms with Gasteiger partial charge in [0.2, 0.25) is 0 Å². The molecule has 0 radical (unpaired) electrons. The molecule has 0 spiro atoms. The summed E-state index contributed by atoms with van der Waals surface area (Å²) >= 11 is 0. The number of aromatic nitrogens is 1. The van der Waals surface area contributed by atoms with Crippen LogP contribution in [0.1, 0.15) is 36.9 Å². The Morgan fingerprint density at radius 1 is 1.14 bits per heavy atom. The SMILES string of the molecule is COc1ccc(N(Cc2cnco2)c2ccc(C(=O)OC(C)(C)C)cc2)cc1O. The normalized spacial score (nSPS) is 11.2. The Kier molecular flexibility index (Phi) is 5.77. The minimum absolute atomic E-state index is 0.0259. The van der Waals surface area contributed by atoms with Crippen molar-refractivity contribution in [1.82, 2.24) is 4.98 Å². The molecule has 1 heterocycles. The maximum absolute atomic E-state index is 12.3. The number of nitrogens with zero attached hydrogens (tertiary/aromatic N) is 2. The first-order valence-corrected chi connectivity index (χ1v) is 9.12. The molecular formula is C22H24N2O5. The third-order valence-electron chi connectivity index (χ3n) is 4.09. The monoisotopic (exact) mass is 396 g/mol. The predicted molar refractivity (Wildman–Crippen MR) is 109 cm³/mol. The van der Waals surface area contributed by atoms with Crippen molar-refractivity contribution >= 4 is 17.3 Å². The second kappa shape index (κ2) is 8.26. The van der Waals surface area contributed by atoms with E-state index in [1.165, 1.54) is 13.5 Å². The van der Waals surface area contributed by atoms with Gasteiger partial charge >= 0.3 is 5.97 Å². The van der Waals surface area contributed by atoms with E-state index >= 15 is 0 Å². The summed E-state index contributed by atoms with van der Waals surface area (Å²) in [5.74, 6) is 0.677. The highest BCUT2D eigenvalue weighted by molar-refractivity contribution is 5.90. The van der Waals surface area contributed by atoms with E-state index in [0.717, 1.165) is 11.4 Å². The molecule has 1 aromatic heterocycles. The summed E-state index contributed by atoms with van der Waals surface area (Å²) in [6, 6.07) is 12.2. The van der Waals surface area contributed by atoms with Crippen LogP contribution < -0.4 is 9.64 Å². The van der Waals surface area contributed by atoms with Gasteiger partial charge in [-0.05, 0) is 57.2 Å². The smallest absolute Gasteiger partial charge is 0.338 e. The second-order valence-corrected chi connectivity index (χ2v) is 7.46. The maximum Gasteiger partial charge on any atom is 0.338 e. The lowest BCUT2D eigenvalue weighted by Crippen LogP contribution is -2.24. The Morgan fingerprint density at radius 2 is 1.83 bits per heavy atom. The van der Waals surface area contributed by atoms with Crippen LogP contribution in [0.2, 0.25) is 0 Å². The van der Waals surface area contributed by atoms with Gasteiger partial charge in [-0.3, -0.25) is 0 Å². The molecule has 0 atom stereocenters. The number of hydrogen-bond acceptors (Lipinski definition) is 7. The van der Waals surface area contributed by atoms with Gasteiger partial charge in [0.1, 0.15) is 11.4 Å². The number of oxazole rings is 1. The van der Waals surface area contributed by atoms with Crippen LogP contribution in [0.4, 0.5) is 11.4 Å². The Morgan fingerprint density at radius 3 is 2.38 bits per heavy atom. The van der Waals surface area contributed by atoms with Crippen LogP contribution in [0.25, 0.3) is 0 Å². The minimum atomic E-state index is -0.561. The fourth-order valence-electron chi connectivity index (χ4n) is 2.77. The number of methoxy groups -OCH3 is 1. The van der Waals surface area contributed by atoms with Crippen LogP contribution in [-0.4, -0.2) is 28.8 Å². The lowest BCUT2D eigenvalue weighted by Gasteiger charge is -2.25. The van der Waals surface area contributed by atoms with Crippen LogP contribution in [0, 0.1) is 0 Å². The molecule has 3 rings (SSSR count). The van der Waals surface area contributed by atoms with Gasteiger partial charge < -0.3 is 23.9 Å². The van der Waals surface area contributed by atoms with Crippen molar-refractivity contribution < 1.29 is 23.8 Å². The quantitative estimate of drug-likeness (QED) is 0.605. The number of anilines is 2. The predicted octanol–water partition coefficient (Wildman–Crippen LogP) is 4.68. The molecule has 0 aliphatic carbocycles. The topological polar surface area (TPSA) is 85.0 Å². The van der Waals surface area contributed by atoms with Gasteiger partial charge in [0.25, 0.3) is 0 Å². The zero-order valence-corrected chi connectivity index (χ0v) is 16.9. The Labute approximate surface area is 169 Å². The molecule has 0 amide bonds. The molecule has 7 nitrogen and oxygen atoms in total. The Bertz CT molecular complexity index is 960. The van der Waals surface area contributed by atoms with Crippen molar-refractivity contribution in [3.63, 3.8) is 0 Å². The molecule has 0 aliphatic heterocycles. The first kappa shape index (κ1) is 20.3. The van der Waals surface area contributed by atoms with Gasteiger partial charge in [0, 0.05) is 17.4 Å². The zero-order chi connectivity index (χ0) is 21.0. The lowest BCUT2D eigenvalue weighted by atomic mass is 10.1. The first-order valence-electron chi connectivity index (χ1n) is 9.12. The molecule has 0 fully saturated rings. The van der Waals surface area contributed by atoms with E-state index in [0.29, 0.717) is 23.6 Å². The van der Waals surface area contributed by atoms with Gasteiger partial charge in [-0.15, -0.1) is 0 Å². The summed E-state index contributed by atoms with van der Waals surface area (Å²) in [5.41, 5.74) is 1.43. The average Bonchev–Trinajstić information content (AvgIpc) is 3.18. The highest BCUT2D eigenvalue weighted by Crippen LogP contribution is 2.35. The Balaban J connectivity index is 1.92. The summed E-state index contributed by atoms with van der Waals surface area (Å²) in [4.78, 5) is 18.2. The standard InChI is InChI=1S/C22H24N2O5/c1-22(2,3)29-21(26)15-5-7-16(8-6-15)24(13-18-12-23-14-28-18)17-9-10-20(27-4)19(25)11-17/h5-12,14,25H,13H2,1-4H3. The van der Waals surface area contributed by atoms with Crippen molar-refractivity contribution in [2.75, 3.05) is 12.0 Å². The average molecular weight is 396 g/mol. The number of ether oxygens (including phenoxy) is 2. The van der Waals surface area contributed by atoms with Crippen molar-refractivity contribution in [3.8, 4) is 11.5 Å². The summed E-state index contributed by atoms with van der Waals surface area (Å²) in [7, 11) is 1.50. The van der Waals surface area contributed by atoms with E-state index in [-0.39, 0.29) is 11.7 Å². The molecule has 3 aromatic rings. The molecule has 1 N–H and O–H groups in total. The van der Waals surface area contributed by atoms with E-state index < -0.39 is 5.60 Å². The number of phenols is 1. The number of aromatic hydroxyl groups is 1. The summed E-state index contributed by atoms with van der Waals surface area (Å²) < 4.78 is 15.9. The van der Waals surface area contributed by atoms with Gasteiger partial charge in [0.05, 0.1) is 25.4 Å². The van der Waals surface area contributed by atoms with Gasteiger partial charge in [0.15, 0.2) is 17.9 Å². The van der Waals surface area contributed by atoms with Crippen molar-refractivity contribution in [1.29, 1.82) is 0 Å². The lowest BCUT2D eigenvalue weighted by molar-refractivity contribution is 0.00695. The number of phenolic OH excluding ortho intramolecular Hbond substituents is 1. The minimum Gasteiger partial charge on any atom is -0.504 e. The van der Waals surface area contributed by atoms with Gasteiger partial charge in [-0.25, -0.2) is 9.78 Å². The number of esters is 1. The van der Waals surface area contributed by atoms with Crippen LogP contribution >= 0.6 is 0 Å². The fraction of sp³-hybridized carbons (Fsp3) is 0.273.